The Labute approximate surface area is 141 Å². The topological polar surface area (TPSA) is 72.2 Å². The lowest BCUT2D eigenvalue weighted by Crippen LogP contribution is -2.28. The van der Waals surface area contributed by atoms with Gasteiger partial charge in [0.1, 0.15) is 11.6 Å². The van der Waals surface area contributed by atoms with Crippen LogP contribution in [0, 0.1) is 0 Å². The summed E-state index contributed by atoms with van der Waals surface area (Å²) in [7, 11) is 0. The molecule has 7 heteroatoms. The second-order valence-corrected chi connectivity index (χ2v) is 5.90. The van der Waals surface area contributed by atoms with E-state index in [1.54, 1.807) is 17.8 Å². The summed E-state index contributed by atoms with van der Waals surface area (Å²) in [6, 6.07) is 14.6. The molecular formula is C16H14BrN5O. The van der Waals surface area contributed by atoms with Crippen LogP contribution in [-0.4, -0.2) is 27.1 Å². The number of carbonyl (C=O) groups excluding carboxylic acids is 1. The number of hydrazone groups is 1. The normalized spacial score (nSPS) is 12.6. The molecule has 1 N–H and O–H groups in total. The van der Waals surface area contributed by atoms with Gasteiger partial charge in [0.05, 0.1) is 11.7 Å². The van der Waals surface area contributed by atoms with Crippen molar-refractivity contribution in [2.45, 2.75) is 13.0 Å². The molecule has 1 heterocycles. The molecule has 3 rings (SSSR count). The van der Waals surface area contributed by atoms with Crippen LogP contribution >= 0.6 is 15.9 Å². The third-order valence-corrected chi connectivity index (χ3v) is 3.85. The maximum atomic E-state index is 12.2. The van der Waals surface area contributed by atoms with E-state index in [1.807, 2.05) is 48.5 Å². The Morgan fingerprint density at radius 2 is 2.13 bits per heavy atom. The molecule has 0 saturated heterocycles. The minimum atomic E-state index is -0.512. The highest BCUT2D eigenvalue weighted by molar-refractivity contribution is 9.10. The number of rotatable bonds is 4. The minimum absolute atomic E-state index is 0.258. The summed E-state index contributed by atoms with van der Waals surface area (Å²) in [5.74, 6) is -0.258. The highest BCUT2D eigenvalue weighted by Gasteiger charge is 2.17. The highest BCUT2D eigenvalue weighted by atomic mass is 79.9. The van der Waals surface area contributed by atoms with Gasteiger partial charge in [-0.1, -0.05) is 45.4 Å². The number of para-hydroxylation sites is 1. The van der Waals surface area contributed by atoms with E-state index in [0.717, 1.165) is 21.1 Å². The first-order valence-corrected chi connectivity index (χ1v) is 7.83. The fraction of sp³-hybridized carbons (Fsp3) is 0.125. The smallest absolute Gasteiger partial charge is 0.264 e. The first-order valence-electron chi connectivity index (χ1n) is 7.03. The largest absolute Gasteiger partial charge is 0.271 e. The Morgan fingerprint density at radius 3 is 2.96 bits per heavy atom. The molecule has 0 aliphatic rings. The molecule has 3 aromatic rings. The van der Waals surface area contributed by atoms with Crippen molar-refractivity contribution in [1.82, 2.24) is 20.4 Å². The maximum absolute atomic E-state index is 12.2. The Bertz CT molecular complexity index is 874. The van der Waals surface area contributed by atoms with Crippen LogP contribution in [0.5, 0.6) is 0 Å². The first kappa shape index (κ1) is 15.4. The van der Waals surface area contributed by atoms with Crippen molar-refractivity contribution in [1.29, 1.82) is 0 Å². The van der Waals surface area contributed by atoms with E-state index in [1.165, 1.54) is 0 Å². The van der Waals surface area contributed by atoms with Crippen LogP contribution in [-0.2, 0) is 4.79 Å². The van der Waals surface area contributed by atoms with Crippen LogP contribution in [0.3, 0.4) is 0 Å². The second-order valence-electron chi connectivity index (χ2n) is 4.99. The van der Waals surface area contributed by atoms with E-state index in [4.69, 9.17) is 0 Å². The second kappa shape index (κ2) is 6.70. The summed E-state index contributed by atoms with van der Waals surface area (Å²) < 4.78 is 2.54. The van der Waals surface area contributed by atoms with E-state index < -0.39 is 6.04 Å². The fourth-order valence-electron chi connectivity index (χ4n) is 2.13. The molecular weight excluding hydrogens is 358 g/mol. The monoisotopic (exact) mass is 371 g/mol. The maximum Gasteiger partial charge on any atom is 0.264 e. The zero-order chi connectivity index (χ0) is 16.2. The van der Waals surface area contributed by atoms with Crippen molar-refractivity contribution in [2.75, 3.05) is 0 Å². The number of amides is 1. The molecule has 2 aromatic carbocycles. The van der Waals surface area contributed by atoms with Gasteiger partial charge in [0.2, 0.25) is 0 Å². The van der Waals surface area contributed by atoms with Gasteiger partial charge in [-0.2, -0.15) is 5.10 Å². The van der Waals surface area contributed by atoms with Crippen molar-refractivity contribution in [2.24, 2.45) is 5.10 Å². The summed E-state index contributed by atoms with van der Waals surface area (Å²) in [4.78, 5) is 12.2. The third-order valence-electron chi connectivity index (χ3n) is 3.36. The molecule has 1 atom stereocenters. The molecule has 6 nitrogen and oxygen atoms in total. The van der Waals surface area contributed by atoms with E-state index in [9.17, 15) is 4.79 Å². The van der Waals surface area contributed by atoms with Crippen molar-refractivity contribution in [3.63, 3.8) is 0 Å². The number of nitrogens with one attached hydrogen (secondary N) is 1. The lowest BCUT2D eigenvalue weighted by molar-refractivity contribution is -0.124. The molecule has 0 spiro atoms. The fourth-order valence-corrected chi connectivity index (χ4v) is 2.55. The number of aromatic nitrogens is 3. The standard InChI is InChI=1S/C16H14BrN5O/c1-11(22-15-8-3-2-7-14(15)19-21-22)16(23)20-18-10-12-5-4-6-13(17)9-12/h2-11H,1H3,(H,20,23). The number of carbonyl (C=O) groups is 1. The molecule has 0 aliphatic carbocycles. The molecule has 0 radical (unpaired) electrons. The van der Waals surface area contributed by atoms with Gasteiger partial charge in [0.15, 0.2) is 0 Å². The van der Waals surface area contributed by atoms with Gasteiger partial charge < -0.3 is 0 Å². The van der Waals surface area contributed by atoms with E-state index >= 15 is 0 Å². The Hall–Kier alpha value is -2.54. The zero-order valence-electron chi connectivity index (χ0n) is 12.3. The van der Waals surface area contributed by atoms with Crippen molar-refractivity contribution in [3.8, 4) is 0 Å². The quantitative estimate of drug-likeness (QED) is 0.566. The number of nitrogens with zero attached hydrogens (tertiary/aromatic N) is 4. The van der Waals surface area contributed by atoms with Gasteiger partial charge in [0.25, 0.3) is 5.91 Å². The van der Waals surface area contributed by atoms with Crippen LogP contribution in [0.25, 0.3) is 11.0 Å². The van der Waals surface area contributed by atoms with Crippen LogP contribution in [0.15, 0.2) is 58.1 Å². The molecule has 1 aromatic heterocycles. The number of hydrogen-bond acceptors (Lipinski definition) is 4. The molecule has 1 unspecified atom stereocenters. The summed E-state index contributed by atoms with van der Waals surface area (Å²) in [6.07, 6.45) is 1.59. The number of benzene rings is 2. The molecule has 0 bridgehead atoms. The summed E-state index contributed by atoms with van der Waals surface area (Å²) in [5, 5.41) is 12.1. The Kier molecular flexibility index (Phi) is 4.47. The Balaban J connectivity index is 1.70. The summed E-state index contributed by atoms with van der Waals surface area (Å²) >= 11 is 3.39. The van der Waals surface area contributed by atoms with Crippen molar-refractivity contribution < 1.29 is 4.79 Å². The van der Waals surface area contributed by atoms with Gasteiger partial charge in [-0.05, 0) is 36.8 Å². The van der Waals surface area contributed by atoms with Crippen molar-refractivity contribution in [3.05, 3.63) is 58.6 Å². The highest BCUT2D eigenvalue weighted by Crippen LogP contribution is 2.15. The van der Waals surface area contributed by atoms with Crippen LogP contribution in [0.2, 0.25) is 0 Å². The Morgan fingerprint density at radius 1 is 1.30 bits per heavy atom. The number of halogens is 1. The predicted molar refractivity (Wildman–Crippen MR) is 92.1 cm³/mol. The minimum Gasteiger partial charge on any atom is -0.271 e. The average Bonchev–Trinajstić information content (AvgIpc) is 2.98. The molecule has 1 amide bonds. The third kappa shape index (κ3) is 3.45. The van der Waals surface area contributed by atoms with E-state index in [2.05, 4.69) is 36.8 Å². The number of hydrogen-bond donors (Lipinski definition) is 1. The SMILES string of the molecule is CC(C(=O)NN=Cc1cccc(Br)c1)n1nnc2ccccc21. The van der Waals surface area contributed by atoms with Gasteiger partial charge in [-0.15, -0.1) is 5.10 Å². The van der Waals surface area contributed by atoms with Crippen LogP contribution in [0.4, 0.5) is 0 Å². The first-order chi connectivity index (χ1) is 11.1. The summed E-state index contributed by atoms with van der Waals surface area (Å²) in [6.45, 7) is 1.76. The van der Waals surface area contributed by atoms with Gasteiger partial charge in [0, 0.05) is 4.47 Å². The molecule has 0 aliphatic heterocycles. The molecule has 0 fully saturated rings. The van der Waals surface area contributed by atoms with Gasteiger partial charge in [-0.3, -0.25) is 4.79 Å². The molecule has 23 heavy (non-hydrogen) atoms. The van der Waals surface area contributed by atoms with Crippen LogP contribution in [0.1, 0.15) is 18.5 Å². The van der Waals surface area contributed by atoms with E-state index in [-0.39, 0.29) is 5.91 Å². The lowest BCUT2D eigenvalue weighted by atomic mass is 10.2. The van der Waals surface area contributed by atoms with E-state index in [0.29, 0.717) is 0 Å². The predicted octanol–water partition coefficient (Wildman–Crippen LogP) is 2.91. The summed E-state index contributed by atoms with van der Waals surface area (Å²) in [5.41, 5.74) is 4.98. The number of fused-ring (bicyclic) bond motifs is 1. The van der Waals surface area contributed by atoms with Crippen molar-refractivity contribution >= 4 is 39.1 Å². The lowest BCUT2D eigenvalue weighted by Gasteiger charge is -2.10. The molecule has 0 saturated carbocycles. The van der Waals surface area contributed by atoms with Crippen LogP contribution < -0.4 is 5.43 Å². The zero-order valence-corrected chi connectivity index (χ0v) is 13.9. The average molecular weight is 372 g/mol. The van der Waals surface area contributed by atoms with Gasteiger partial charge in [-0.25, -0.2) is 10.1 Å². The molecule has 116 valence electrons. The van der Waals surface area contributed by atoms with Gasteiger partial charge >= 0.3 is 0 Å².